The molecule has 0 spiro atoms. The Balaban J connectivity index is 1.24. The van der Waals surface area contributed by atoms with Crippen molar-refractivity contribution in [1.29, 1.82) is 0 Å². The SMILES string of the molecule is CC1=Cc2c(-c3csc4ccccc34)cccc2C1[Si](C)(C)C1C(C)=Cc2c(-c3csc4ccccc34)cccc21. The fourth-order valence-electron chi connectivity index (χ4n) is 8.09. The van der Waals surface area contributed by atoms with Crippen LogP contribution in [-0.4, -0.2) is 8.07 Å². The van der Waals surface area contributed by atoms with Crippen molar-refractivity contribution < 1.29 is 0 Å². The van der Waals surface area contributed by atoms with E-state index in [0.29, 0.717) is 11.1 Å². The number of hydrogen-bond acceptors (Lipinski definition) is 2. The fourth-order valence-corrected chi connectivity index (χ4v) is 15.0. The Labute approximate surface area is 251 Å². The second-order valence-electron chi connectivity index (χ2n) is 12.4. The number of rotatable bonds is 4. The number of hydrogen-bond donors (Lipinski definition) is 0. The summed E-state index contributed by atoms with van der Waals surface area (Å²) >= 11 is 3.71. The van der Waals surface area contributed by atoms with E-state index in [4.69, 9.17) is 0 Å². The summed E-state index contributed by atoms with van der Waals surface area (Å²) in [7, 11) is -1.92. The average molecular weight is 581 g/mol. The minimum Gasteiger partial charge on any atom is -0.143 e. The molecule has 0 bridgehead atoms. The number of allylic oxidation sites excluding steroid dienone is 2. The van der Waals surface area contributed by atoms with Crippen molar-refractivity contribution in [2.24, 2.45) is 0 Å². The fraction of sp³-hybridized carbons (Fsp3) is 0.158. The first-order valence-electron chi connectivity index (χ1n) is 14.5. The Morgan fingerprint density at radius 3 is 1.41 bits per heavy atom. The lowest BCUT2D eigenvalue weighted by atomic mass is 9.96. The molecule has 0 N–H and O–H groups in total. The van der Waals surface area contributed by atoms with Crippen LogP contribution >= 0.6 is 22.7 Å². The van der Waals surface area contributed by atoms with Crippen LogP contribution in [0.1, 0.15) is 47.2 Å². The largest absolute Gasteiger partial charge is 0.143 e. The molecular formula is C38H32S2Si. The van der Waals surface area contributed by atoms with Crippen molar-refractivity contribution >= 4 is 63.1 Å². The number of fused-ring (bicyclic) bond motifs is 4. The highest BCUT2D eigenvalue weighted by Gasteiger charge is 2.47. The minimum absolute atomic E-state index is 0.493. The van der Waals surface area contributed by atoms with Gasteiger partial charge >= 0.3 is 0 Å². The highest BCUT2D eigenvalue weighted by Crippen LogP contribution is 2.55. The van der Waals surface area contributed by atoms with Crippen LogP contribution in [0.5, 0.6) is 0 Å². The first-order valence-corrected chi connectivity index (χ1v) is 19.4. The van der Waals surface area contributed by atoms with E-state index in [1.165, 1.54) is 75.8 Å². The molecule has 200 valence electrons. The highest BCUT2D eigenvalue weighted by atomic mass is 32.1. The molecule has 0 aliphatic heterocycles. The van der Waals surface area contributed by atoms with Crippen LogP contribution in [-0.2, 0) is 0 Å². The minimum atomic E-state index is -1.92. The normalized spacial score (nSPS) is 18.0. The molecule has 6 aromatic rings. The van der Waals surface area contributed by atoms with Crippen molar-refractivity contribution in [3.8, 4) is 22.3 Å². The van der Waals surface area contributed by atoms with Crippen LogP contribution in [0.15, 0.2) is 107 Å². The maximum atomic E-state index is 2.64. The Morgan fingerprint density at radius 1 is 0.512 bits per heavy atom. The van der Waals surface area contributed by atoms with Gasteiger partial charge in [-0.05, 0) is 70.1 Å². The van der Waals surface area contributed by atoms with Gasteiger partial charge in [0.2, 0.25) is 0 Å². The lowest BCUT2D eigenvalue weighted by molar-refractivity contribution is 0.969. The topological polar surface area (TPSA) is 0 Å². The molecule has 8 rings (SSSR count). The van der Waals surface area contributed by atoms with E-state index in [0.717, 1.165) is 0 Å². The molecule has 2 heterocycles. The van der Waals surface area contributed by atoms with Gasteiger partial charge in [0.25, 0.3) is 0 Å². The van der Waals surface area contributed by atoms with Gasteiger partial charge in [0.15, 0.2) is 0 Å². The van der Waals surface area contributed by atoms with E-state index in [2.05, 4.69) is 135 Å². The highest BCUT2D eigenvalue weighted by molar-refractivity contribution is 7.18. The van der Waals surface area contributed by atoms with Crippen molar-refractivity contribution in [3.63, 3.8) is 0 Å². The summed E-state index contributed by atoms with van der Waals surface area (Å²) in [5.74, 6) is 0. The monoisotopic (exact) mass is 580 g/mol. The second-order valence-corrected chi connectivity index (χ2v) is 19.0. The van der Waals surface area contributed by atoms with E-state index >= 15 is 0 Å². The first kappa shape index (κ1) is 25.2. The molecule has 0 fully saturated rings. The van der Waals surface area contributed by atoms with Crippen LogP contribution < -0.4 is 0 Å². The van der Waals surface area contributed by atoms with E-state index < -0.39 is 8.07 Å². The molecule has 0 radical (unpaired) electrons. The zero-order chi connectivity index (χ0) is 27.9. The van der Waals surface area contributed by atoms with E-state index in [9.17, 15) is 0 Å². The van der Waals surface area contributed by atoms with Crippen LogP contribution in [0, 0.1) is 0 Å². The molecule has 0 nitrogen and oxygen atoms in total. The zero-order valence-corrected chi connectivity index (χ0v) is 26.5. The molecule has 4 aromatic carbocycles. The summed E-state index contributed by atoms with van der Waals surface area (Å²) in [6.45, 7) is 10.1. The van der Waals surface area contributed by atoms with E-state index in [1.54, 1.807) is 0 Å². The summed E-state index contributed by atoms with van der Waals surface area (Å²) < 4.78 is 2.73. The standard InChI is InChI=1S/C38H32S2Si/c1-23-19-31-25(33-21-39-35-17-7-5-11-27(33)35)13-9-15-29(31)37(23)41(3,4)38-24(2)20-32-26(14-10-16-30(32)38)34-22-40-36-18-8-6-12-28(34)36/h5-22,37-38H,1-4H3. The maximum Gasteiger partial charge on any atom is 0.0722 e. The predicted octanol–water partition coefficient (Wildman–Crippen LogP) is 11.9. The molecule has 0 saturated heterocycles. The Morgan fingerprint density at radius 2 is 0.951 bits per heavy atom. The van der Waals surface area contributed by atoms with Gasteiger partial charge in [0.05, 0.1) is 8.07 Å². The van der Waals surface area contributed by atoms with Gasteiger partial charge in [0.1, 0.15) is 0 Å². The third-order valence-corrected chi connectivity index (χ3v) is 16.0. The number of thiophene rings is 2. The van der Waals surface area contributed by atoms with E-state index in [-0.39, 0.29) is 0 Å². The zero-order valence-electron chi connectivity index (χ0n) is 23.9. The van der Waals surface area contributed by atoms with Crippen LogP contribution in [0.25, 0.3) is 54.6 Å². The Bertz CT molecular complexity index is 1920. The smallest absolute Gasteiger partial charge is 0.0722 e. The van der Waals surface area contributed by atoms with Gasteiger partial charge in [-0.3, -0.25) is 0 Å². The number of benzene rings is 4. The first-order chi connectivity index (χ1) is 19.9. The predicted molar refractivity (Wildman–Crippen MR) is 185 cm³/mol. The van der Waals surface area contributed by atoms with Crippen LogP contribution in [0.3, 0.4) is 0 Å². The van der Waals surface area contributed by atoms with Gasteiger partial charge < -0.3 is 0 Å². The second kappa shape index (κ2) is 9.25. The van der Waals surface area contributed by atoms with Crippen molar-refractivity contribution in [1.82, 2.24) is 0 Å². The molecule has 2 aliphatic carbocycles. The molecule has 0 saturated carbocycles. The third kappa shape index (κ3) is 3.69. The van der Waals surface area contributed by atoms with Gasteiger partial charge in [-0.15, -0.1) is 22.7 Å². The van der Waals surface area contributed by atoms with Crippen molar-refractivity contribution in [2.75, 3.05) is 0 Å². The lowest BCUT2D eigenvalue weighted by Crippen LogP contribution is -2.42. The van der Waals surface area contributed by atoms with Gasteiger partial charge in [0, 0.05) is 42.4 Å². The molecule has 2 aliphatic rings. The van der Waals surface area contributed by atoms with Crippen LogP contribution in [0.4, 0.5) is 0 Å². The Kier molecular flexibility index (Phi) is 5.69. The summed E-state index contributed by atoms with van der Waals surface area (Å²) in [5, 5.41) is 7.45. The third-order valence-electron chi connectivity index (χ3n) is 9.59. The summed E-state index contributed by atoms with van der Waals surface area (Å²) in [6.07, 6.45) is 5.03. The summed E-state index contributed by atoms with van der Waals surface area (Å²) in [4.78, 5) is 0. The van der Waals surface area contributed by atoms with Gasteiger partial charge in [-0.25, -0.2) is 0 Å². The van der Waals surface area contributed by atoms with Gasteiger partial charge in [-0.2, -0.15) is 0 Å². The molecule has 0 amide bonds. The molecule has 2 atom stereocenters. The van der Waals surface area contributed by atoms with Crippen molar-refractivity contribution in [2.45, 2.75) is 38.0 Å². The van der Waals surface area contributed by atoms with E-state index in [1.807, 2.05) is 22.7 Å². The molecule has 2 aromatic heterocycles. The van der Waals surface area contributed by atoms with Crippen LogP contribution in [0.2, 0.25) is 13.1 Å². The Hall–Kier alpha value is -3.50. The summed E-state index contributed by atoms with van der Waals surface area (Å²) in [6, 6.07) is 31.8. The summed E-state index contributed by atoms with van der Waals surface area (Å²) in [5.41, 5.74) is 15.5. The molecule has 2 unspecified atom stereocenters. The molecule has 3 heteroatoms. The van der Waals surface area contributed by atoms with Crippen molar-refractivity contribution in [3.05, 3.63) is 129 Å². The maximum absolute atomic E-state index is 2.64. The quantitative estimate of drug-likeness (QED) is 0.182. The molecule has 41 heavy (non-hydrogen) atoms. The van der Waals surface area contributed by atoms with Gasteiger partial charge in [-0.1, -0.05) is 109 Å². The average Bonchev–Trinajstić information content (AvgIpc) is 3.74. The lowest BCUT2D eigenvalue weighted by Gasteiger charge is -2.39. The molecular weight excluding hydrogens is 549 g/mol.